The van der Waals surface area contributed by atoms with Crippen molar-refractivity contribution in [1.82, 2.24) is 10.3 Å². The van der Waals surface area contributed by atoms with E-state index in [2.05, 4.69) is 27.7 Å². The summed E-state index contributed by atoms with van der Waals surface area (Å²) in [4.78, 5) is 26.2. The van der Waals surface area contributed by atoms with Crippen LogP contribution < -0.4 is 15.6 Å². The van der Waals surface area contributed by atoms with Crippen LogP contribution in [0.2, 0.25) is 4.34 Å². The van der Waals surface area contributed by atoms with Gasteiger partial charge in [0.1, 0.15) is 5.54 Å². The molecule has 2 fully saturated rings. The SMILES string of the molecule is CN1CCCCN1c1ccc(NC(=O)C2(NC(=O)c3ccc(Cl)s3)CCOC2)cc1. The van der Waals surface area contributed by atoms with E-state index in [9.17, 15) is 9.59 Å². The Morgan fingerprint density at radius 2 is 1.90 bits per heavy atom. The molecule has 4 rings (SSSR count). The normalized spacial score (nSPS) is 22.1. The smallest absolute Gasteiger partial charge is 0.262 e. The average molecular weight is 449 g/mol. The van der Waals surface area contributed by atoms with Gasteiger partial charge >= 0.3 is 0 Å². The lowest BCUT2D eigenvalue weighted by Crippen LogP contribution is -2.57. The third-order valence-electron chi connectivity index (χ3n) is 5.54. The van der Waals surface area contributed by atoms with Crippen molar-refractivity contribution in [2.24, 2.45) is 0 Å². The van der Waals surface area contributed by atoms with Gasteiger partial charge in [-0.3, -0.25) is 9.59 Å². The van der Waals surface area contributed by atoms with Gasteiger partial charge < -0.3 is 20.4 Å². The molecule has 160 valence electrons. The van der Waals surface area contributed by atoms with Gasteiger partial charge in [-0.15, -0.1) is 11.3 Å². The first kappa shape index (κ1) is 21.1. The number of amides is 2. The van der Waals surface area contributed by atoms with Crippen LogP contribution in [0.5, 0.6) is 0 Å². The number of anilines is 2. The van der Waals surface area contributed by atoms with Crippen molar-refractivity contribution in [2.75, 3.05) is 43.7 Å². The molecule has 1 unspecified atom stereocenters. The molecule has 2 aromatic rings. The Balaban J connectivity index is 1.44. The van der Waals surface area contributed by atoms with Crippen molar-refractivity contribution < 1.29 is 14.3 Å². The largest absolute Gasteiger partial charge is 0.378 e. The second kappa shape index (κ2) is 8.93. The molecule has 3 heterocycles. The summed E-state index contributed by atoms with van der Waals surface area (Å²) in [6, 6.07) is 11.1. The molecule has 2 aliphatic heterocycles. The lowest BCUT2D eigenvalue weighted by atomic mass is 9.97. The Bertz CT molecular complexity index is 911. The molecule has 2 N–H and O–H groups in total. The highest BCUT2D eigenvalue weighted by Gasteiger charge is 2.44. The second-order valence-corrected chi connectivity index (χ2v) is 9.37. The standard InChI is InChI=1S/C21H25ClN4O3S/c1-25-11-2-3-12-26(25)16-6-4-15(5-7-16)23-20(28)21(10-13-29-14-21)24-19(27)17-8-9-18(22)30-17/h4-9H,2-3,10-14H2,1H3,(H,23,28)(H,24,27). The maximum absolute atomic E-state index is 13.1. The number of hydrogen-bond donors (Lipinski definition) is 2. The number of rotatable bonds is 5. The molecule has 2 aliphatic rings. The molecule has 7 nitrogen and oxygen atoms in total. The zero-order valence-electron chi connectivity index (χ0n) is 16.8. The van der Waals surface area contributed by atoms with Crippen molar-refractivity contribution in [1.29, 1.82) is 0 Å². The lowest BCUT2D eigenvalue weighted by molar-refractivity contribution is -0.122. The molecule has 1 aromatic carbocycles. The quantitative estimate of drug-likeness (QED) is 0.733. The molecule has 0 spiro atoms. The lowest BCUT2D eigenvalue weighted by Gasteiger charge is -2.37. The van der Waals surface area contributed by atoms with Crippen molar-refractivity contribution >= 4 is 46.1 Å². The minimum absolute atomic E-state index is 0.139. The Morgan fingerprint density at radius 3 is 2.53 bits per heavy atom. The first-order chi connectivity index (χ1) is 14.5. The maximum Gasteiger partial charge on any atom is 0.262 e. The topological polar surface area (TPSA) is 73.9 Å². The van der Waals surface area contributed by atoms with Crippen molar-refractivity contribution in [3.63, 3.8) is 0 Å². The summed E-state index contributed by atoms with van der Waals surface area (Å²) < 4.78 is 5.99. The number of nitrogens with zero attached hydrogens (tertiary/aromatic N) is 2. The molecule has 9 heteroatoms. The third-order valence-corrected chi connectivity index (χ3v) is 6.77. The predicted molar refractivity (Wildman–Crippen MR) is 119 cm³/mol. The fourth-order valence-corrected chi connectivity index (χ4v) is 4.74. The van der Waals surface area contributed by atoms with E-state index < -0.39 is 5.54 Å². The monoisotopic (exact) mass is 448 g/mol. The first-order valence-corrected chi connectivity index (χ1v) is 11.2. The van der Waals surface area contributed by atoms with Crippen molar-refractivity contribution in [2.45, 2.75) is 24.8 Å². The van der Waals surface area contributed by atoms with E-state index in [0.717, 1.165) is 18.8 Å². The Hall–Kier alpha value is -2.13. The minimum Gasteiger partial charge on any atom is -0.378 e. The van der Waals surface area contributed by atoms with E-state index >= 15 is 0 Å². The minimum atomic E-state index is -1.10. The van der Waals surface area contributed by atoms with Crippen molar-refractivity contribution in [3.8, 4) is 0 Å². The molecule has 1 atom stereocenters. The highest BCUT2D eigenvalue weighted by molar-refractivity contribution is 7.18. The van der Waals surface area contributed by atoms with E-state index in [1.807, 2.05) is 24.3 Å². The predicted octanol–water partition coefficient (Wildman–Crippen LogP) is 3.38. The van der Waals surface area contributed by atoms with Crippen molar-refractivity contribution in [3.05, 3.63) is 45.6 Å². The molecule has 1 aromatic heterocycles. The number of carbonyl (C=O) groups excluding carboxylic acids is 2. The Kier molecular flexibility index (Phi) is 6.29. The van der Waals surface area contributed by atoms with Gasteiger partial charge in [0.15, 0.2) is 0 Å². The van der Waals surface area contributed by atoms with Crippen LogP contribution in [0.25, 0.3) is 0 Å². The van der Waals surface area contributed by atoms with Gasteiger partial charge in [0, 0.05) is 38.9 Å². The summed E-state index contributed by atoms with van der Waals surface area (Å²) in [5.74, 6) is -0.602. The first-order valence-electron chi connectivity index (χ1n) is 10.0. The van der Waals surface area contributed by atoms with Crippen LogP contribution in [0.3, 0.4) is 0 Å². The van der Waals surface area contributed by atoms with Crippen LogP contribution >= 0.6 is 22.9 Å². The molecule has 0 saturated carbocycles. The summed E-state index contributed by atoms with van der Waals surface area (Å²) in [7, 11) is 2.09. The van der Waals surface area contributed by atoms with Crippen LogP contribution in [0.4, 0.5) is 11.4 Å². The highest BCUT2D eigenvalue weighted by Crippen LogP contribution is 2.27. The summed E-state index contributed by atoms with van der Waals surface area (Å²) >= 11 is 7.11. The molecule has 2 amide bonds. The number of nitrogens with one attached hydrogen (secondary N) is 2. The fraction of sp³-hybridized carbons (Fsp3) is 0.429. The van der Waals surface area contributed by atoms with Gasteiger partial charge in [-0.1, -0.05) is 11.6 Å². The Morgan fingerprint density at radius 1 is 1.13 bits per heavy atom. The van der Waals surface area contributed by atoms with E-state index in [-0.39, 0.29) is 18.4 Å². The Labute approximate surface area is 184 Å². The third kappa shape index (κ3) is 4.46. The molecule has 0 bridgehead atoms. The van der Waals surface area contributed by atoms with Gasteiger partial charge in [-0.05, 0) is 49.2 Å². The summed E-state index contributed by atoms with van der Waals surface area (Å²) in [5.41, 5.74) is 0.680. The van der Waals surface area contributed by atoms with Gasteiger partial charge in [0.2, 0.25) is 0 Å². The van der Waals surface area contributed by atoms with E-state index in [1.165, 1.54) is 24.2 Å². The average Bonchev–Trinajstić information content (AvgIpc) is 3.39. The highest BCUT2D eigenvalue weighted by atomic mass is 35.5. The van der Waals surface area contributed by atoms with Crippen LogP contribution in [0.1, 0.15) is 28.9 Å². The zero-order chi connectivity index (χ0) is 21.1. The van der Waals surface area contributed by atoms with Crippen LogP contribution in [-0.4, -0.2) is 55.7 Å². The second-order valence-electron chi connectivity index (χ2n) is 7.66. The zero-order valence-corrected chi connectivity index (χ0v) is 18.4. The molecular weight excluding hydrogens is 424 g/mol. The van der Waals surface area contributed by atoms with Gasteiger partial charge in [-0.2, -0.15) is 0 Å². The van der Waals surface area contributed by atoms with Gasteiger partial charge in [-0.25, -0.2) is 5.01 Å². The van der Waals surface area contributed by atoms with Crippen LogP contribution in [0.15, 0.2) is 36.4 Å². The number of halogens is 1. The fourth-order valence-electron chi connectivity index (χ4n) is 3.80. The molecule has 30 heavy (non-hydrogen) atoms. The summed E-state index contributed by atoms with van der Waals surface area (Å²) in [6.07, 6.45) is 2.79. The van der Waals surface area contributed by atoms with Crippen LogP contribution in [-0.2, 0) is 9.53 Å². The number of benzene rings is 1. The molecular formula is C21H25ClN4O3S. The number of thiophene rings is 1. The number of ether oxygens (including phenoxy) is 1. The van der Waals surface area contributed by atoms with Gasteiger partial charge in [0.25, 0.3) is 11.8 Å². The maximum atomic E-state index is 13.1. The molecule has 0 aliphatic carbocycles. The number of hydrazine groups is 1. The summed E-state index contributed by atoms with van der Waals surface area (Å²) in [6.45, 7) is 2.58. The van der Waals surface area contributed by atoms with E-state index in [4.69, 9.17) is 16.3 Å². The molecule has 2 saturated heterocycles. The van der Waals surface area contributed by atoms with Gasteiger partial charge in [0.05, 0.1) is 21.5 Å². The number of hydrogen-bond acceptors (Lipinski definition) is 6. The summed E-state index contributed by atoms with van der Waals surface area (Å²) in [5, 5.41) is 10.3. The number of carbonyl (C=O) groups is 2. The van der Waals surface area contributed by atoms with E-state index in [0.29, 0.717) is 27.9 Å². The van der Waals surface area contributed by atoms with Crippen LogP contribution in [0, 0.1) is 0 Å². The molecule has 0 radical (unpaired) electrons. The van der Waals surface area contributed by atoms with E-state index in [1.54, 1.807) is 12.1 Å².